The Labute approximate surface area is 110 Å². The molecule has 5 heteroatoms. The number of anilines is 1. The van der Waals surface area contributed by atoms with Crippen molar-refractivity contribution < 1.29 is 4.79 Å². The van der Waals surface area contributed by atoms with Crippen LogP contribution < -0.4 is 4.90 Å². The number of nitrogens with zero attached hydrogens (tertiary/aromatic N) is 3. The normalized spacial score (nSPS) is 15.6. The maximum Gasteiger partial charge on any atom is 0.170 e. The quantitative estimate of drug-likeness (QED) is 0.782. The average molecular weight is 264 g/mol. The highest BCUT2D eigenvalue weighted by atomic mass is 35.5. The van der Waals surface area contributed by atoms with Crippen molar-refractivity contribution in [1.82, 2.24) is 9.38 Å². The fraction of sp³-hybridized carbons (Fsp3) is 0.385. The monoisotopic (exact) mass is 263 g/mol. The van der Waals surface area contributed by atoms with E-state index < -0.39 is 0 Å². The topological polar surface area (TPSA) is 37.6 Å². The summed E-state index contributed by atoms with van der Waals surface area (Å²) in [6, 6.07) is 1.87. The summed E-state index contributed by atoms with van der Waals surface area (Å²) in [4.78, 5) is 18.1. The number of imidazole rings is 1. The predicted molar refractivity (Wildman–Crippen MR) is 71.8 cm³/mol. The summed E-state index contributed by atoms with van der Waals surface area (Å²) in [5.41, 5.74) is 2.39. The first kappa shape index (κ1) is 11.5. The first-order chi connectivity index (χ1) is 8.70. The Hall–Kier alpha value is -1.55. The van der Waals surface area contributed by atoms with E-state index in [1.807, 2.05) is 13.0 Å². The van der Waals surface area contributed by atoms with Gasteiger partial charge in [-0.1, -0.05) is 11.6 Å². The number of rotatable bonds is 2. The highest BCUT2D eigenvalue weighted by molar-refractivity contribution is 6.30. The summed E-state index contributed by atoms with van der Waals surface area (Å²) in [6.45, 7) is 3.89. The number of carbonyl (C=O) groups is 1. The number of hydrogen-bond acceptors (Lipinski definition) is 3. The van der Waals surface area contributed by atoms with Crippen LogP contribution in [-0.2, 0) is 0 Å². The number of carbonyl (C=O) groups excluding carboxylic acids is 1. The van der Waals surface area contributed by atoms with Crippen LogP contribution in [0.25, 0.3) is 5.65 Å². The lowest BCUT2D eigenvalue weighted by molar-refractivity contribution is 0.111. The second kappa shape index (κ2) is 4.28. The maximum atomic E-state index is 11.4. The molecule has 4 nitrogen and oxygen atoms in total. The van der Waals surface area contributed by atoms with E-state index in [0.29, 0.717) is 10.7 Å². The molecule has 0 spiro atoms. The lowest BCUT2D eigenvalue weighted by atomic mass is 10.3. The van der Waals surface area contributed by atoms with E-state index in [1.54, 1.807) is 10.6 Å². The summed E-state index contributed by atoms with van der Waals surface area (Å²) in [5.74, 6) is 0.785. The standard InChI is InChI=1S/C13H14ClN3O/c1-9-6-10(14)7-17-11(8-18)13(15-12(9)17)16-4-2-3-5-16/h6-8H,2-5H2,1H3. The molecular formula is C13H14ClN3O. The number of aromatic nitrogens is 2. The molecule has 1 aliphatic heterocycles. The van der Waals surface area contributed by atoms with E-state index >= 15 is 0 Å². The highest BCUT2D eigenvalue weighted by Crippen LogP contribution is 2.27. The summed E-state index contributed by atoms with van der Waals surface area (Å²) in [7, 11) is 0. The molecule has 1 fully saturated rings. The van der Waals surface area contributed by atoms with E-state index in [-0.39, 0.29) is 0 Å². The van der Waals surface area contributed by atoms with Crippen LogP contribution in [-0.4, -0.2) is 28.8 Å². The highest BCUT2D eigenvalue weighted by Gasteiger charge is 2.21. The van der Waals surface area contributed by atoms with E-state index in [4.69, 9.17) is 11.6 Å². The number of aryl methyl sites for hydroxylation is 1. The SMILES string of the molecule is Cc1cc(Cl)cn2c(C=O)c(N3CCCC3)nc12. The van der Waals surface area contributed by atoms with Crippen LogP contribution in [0.15, 0.2) is 12.3 Å². The van der Waals surface area contributed by atoms with Gasteiger partial charge in [0.25, 0.3) is 0 Å². The second-order valence-electron chi connectivity index (χ2n) is 4.67. The molecule has 0 saturated carbocycles. The molecule has 0 aromatic carbocycles. The molecule has 1 saturated heterocycles. The second-order valence-corrected chi connectivity index (χ2v) is 5.10. The molecular weight excluding hydrogens is 250 g/mol. The van der Waals surface area contributed by atoms with Gasteiger partial charge in [0.05, 0.1) is 5.02 Å². The minimum absolute atomic E-state index is 0.595. The summed E-state index contributed by atoms with van der Waals surface area (Å²) in [5, 5.41) is 0.619. The van der Waals surface area contributed by atoms with Gasteiger partial charge in [0.15, 0.2) is 12.1 Å². The molecule has 0 amide bonds. The fourth-order valence-electron chi connectivity index (χ4n) is 2.55. The third-order valence-electron chi connectivity index (χ3n) is 3.41. The van der Waals surface area contributed by atoms with Crippen LogP contribution in [0.2, 0.25) is 5.02 Å². The number of aldehydes is 1. The van der Waals surface area contributed by atoms with Gasteiger partial charge in [-0.2, -0.15) is 0 Å². The number of pyridine rings is 1. The summed E-state index contributed by atoms with van der Waals surface area (Å²) >= 11 is 6.04. The molecule has 0 radical (unpaired) electrons. The Balaban J connectivity index is 2.25. The van der Waals surface area contributed by atoms with Crippen LogP contribution in [0.1, 0.15) is 28.9 Å². The molecule has 0 bridgehead atoms. The summed E-state index contributed by atoms with van der Waals surface area (Å²) < 4.78 is 1.79. The Kier molecular flexibility index (Phi) is 2.74. The molecule has 0 atom stereocenters. The van der Waals surface area contributed by atoms with Crippen molar-refractivity contribution in [3.8, 4) is 0 Å². The predicted octanol–water partition coefficient (Wildman–Crippen LogP) is 2.71. The maximum absolute atomic E-state index is 11.4. The zero-order valence-electron chi connectivity index (χ0n) is 10.2. The van der Waals surface area contributed by atoms with Crippen LogP contribution in [0, 0.1) is 6.92 Å². The molecule has 0 N–H and O–H groups in total. The molecule has 3 heterocycles. The molecule has 2 aromatic rings. The molecule has 2 aromatic heterocycles. The van der Waals surface area contributed by atoms with E-state index in [1.165, 1.54) is 0 Å². The van der Waals surface area contributed by atoms with Crippen molar-refractivity contribution in [2.24, 2.45) is 0 Å². The van der Waals surface area contributed by atoms with E-state index in [9.17, 15) is 4.79 Å². The number of fused-ring (bicyclic) bond motifs is 1. The van der Waals surface area contributed by atoms with Crippen molar-refractivity contribution in [2.75, 3.05) is 18.0 Å². The first-order valence-corrected chi connectivity index (χ1v) is 6.47. The molecule has 94 valence electrons. The lowest BCUT2D eigenvalue weighted by Gasteiger charge is -2.14. The van der Waals surface area contributed by atoms with Gasteiger partial charge in [-0.3, -0.25) is 9.20 Å². The van der Waals surface area contributed by atoms with Crippen LogP contribution in [0.4, 0.5) is 5.82 Å². The van der Waals surface area contributed by atoms with Crippen LogP contribution in [0.3, 0.4) is 0 Å². The van der Waals surface area contributed by atoms with Gasteiger partial charge in [0.2, 0.25) is 0 Å². The van der Waals surface area contributed by atoms with E-state index in [2.05, 4.69) is 9.88 Å². The molecule has 1 aliphatic rings. The fourth-order valence-corrected chi connectivity index (χ4v) is 2.81. The molecule has 0 aliphatic carbocycles. The third kappa shape index (κ3) is 1.68. The average Bonchev–Trinajstić information content (AvgIpc) is 2.93. The minimum Gasteiger partial charge on any atom is -0.355 e. The Morgan fingerprint density at radius 1 is 1.39 bits per heavy atom. The first-order valence-electron chi connectivity index (χ1n) is 6.09. The molecule has 3 rings (SSSR count). The van der Waals surface area contributed by atoms with Gasteiger partial charge in [0.1, 0.15) is 11.3 Å². The van der Waals surface area contributed by atoms with Crippen molar-refractivity contribution >= 4 is 29.4 Å². The van der Waals surface area contributed by atoms with Crippen molar-refractivity contribution in [2.45, 2.75) is 19.8 Å². The minimum atomic E-state index is 0.595. The van der Waals surface area contributed by atoms with Gasteiger partial charge in [0, 0.05) is 19.3 Å². The van der Waals surface area contributed by atoms with Crippen molar-refractivity contribution in [1.29, 1.82) is 0 Å². The Bertz CT molecular complexity index is 614. The third-order valence-corrected chi connectivity index (χ3v) is 3.61. The zero-order valence-corrected chi connectivity index (χ0v) is 10.9. The van der Waals surface area contributed by atoms with Crippen LogP contribution in [0.5, 0.6) is 0 Å². The van der Waals surface area contributed by atoms with Crippen molar-refractivity contribution in [3.05, 3.63) is 28.5 Å². The van der Waals surface area contributed by atoms with Crippen LogP contribution >= 0.6 is 11.6 Å². The van der Waals surface area contributed by atoms with E-state index in [0.717, 1.165) is 49.2 Å². The summed E-state index contributed by atoms with van der Waals surface area (Å²) in [6.07, 6.45) is 4.93. The molecule has 18 heavy (non-hydrogen) atoms. The molecule has 0 unspecified atom stereocenters. The Morgan fingerprint density at radius 2 is 2.11 bits per heavy atom. The number of halogens is 1. The van der Waals surface area contributed by atoms with Crippen molar-refractivity contribution in [3.63, 3.8) is 0 Å². The number of hydrogen-bond donors (Lipinski definition) is 0. The van der Waals surface area contributed by atoms with Gasteiger partial charge in [-0.25, -0.2) is 4.98 Å². The zero-order chi connectivity index (χ0) is 12.7. The Morgan fingerprint density at radius 3 is 2.78 bits per heavy atom. The van der Waals surface area contributed by atoms with Gasteiger partial charge in [-0.15, -0.1) is 0 Å². The lowest BCUT2D eigenvalue weighted by Crippen LogP contribution is -2.19. The van der Waals surface area contributed by atoms with Gasteiger partial charge >= 0.3 is 0 Å². The van der Waals surface area contributed by atoms with Gasteiger partial charge in [-0.05, 0) is 31.4 Å². The van der Waals surface area contributed by atoms with Gasteiger partial charge < -0.3 is 4.90 Å². The largest absolute Gasteiger partial charge is 0.355 e. The smallest absolute Gasteiger partial charge is 0.170 e.